The fraction of sp³-hybridized carbons (Fsp3) is 0.455. The number of nitrogens with zero attached hydrogens (tertiary/aromatic N) is 1. The van der Waals surface area contributed by atoms with Crippen LogP contribution in [0.15, 0.2) is 47.4 Å². The average molecular weight is 433 g/mol. The van der Waals surface area contributed by atoms with Crippen molar-refractivity contribution in [2.24, 2.45) is 0 Å². The number of nitrogens with one attached hydrogen (secondary N) is 1. The van der Waals surface area contributed by atoms with Crippen LogP contribution < -0.4 is 18.9 Å². The summed E-state index contributed by atoms with van der Waals surface area (Å²) in [5.41, 5.74) is 1.07. The van der Waals surface area contributed by atoms with Crippen molar-refractivity contribution in [2.45, 2.75) is 30.7 Å². The molecule has 2 aliphatic rings. The number of benzene rings is 2. The SMILES string of the molecule is CCOc1ccc(C(CNS(=O)(=O)c2ccc3c(c2)OCCO3)N2CCCC2)cc1. The minimum atomic E-state index is -3.68. The van der Waals surface area contributed by atoms with Gasteiger partial charge in [0, 0.05) is 18.7 Å². The van der Waals surface area contributed by atoms with Crippen molar-refractivity contribution in [3.8, 4) is 17.2 Å². The van der Waals surface area contributed by atoms with E-state index in [4.69, 9.17) is 14.2 Å². The minimum absolute atomic E-state index is 0.0323. The molecule has 0 amide bonds. The lowest BCUT2D eigenvalue weighted by Crippen LogP contribution is -2.36. The van der Waals surface area contributed by atoms with Crippen LogP contribution in [0, 0.1) is 0 Å². The molecule has 1 N–H and O–H groups in total. The Bertz CT molecular complexity index is 956. The topological polar surface area (TPSA) is 77.1 Å². The average Bonchev–Trinajstić information content (AvgIpc) is 3.29. The van der Waals surface area contributed by atoms with Crippen molar-refractivity contribution in [1.82, 2.24) is 9.62 Å². The van der Waals surface area contributed by atoms with E-state index in [0.29, 0.717) is 37.9 Å². The smallest absolute Gasteiger partial charge is 0.240 e. The van der Waals surface area contributed by atoms with Crippen LogP contribution in [0.25, 0.3) is 0 Å². The molecule has 8 heteroatoms. The van der Waals surface area contributed by atoms with E-state index in [-0.39, 0.29) is 10.9 Å². The molecular weight excluding hydrogens is 404 g/mol. The molecule has 0 saturated carbocycles. The summed E-state index contributed by atoms with van der Waals surface area (Å²) in [7, 11) is -3.68. The maximum Gasteiger partial charge on any atom is 0.240 e. The van der Waals surface area contributed by atoms with Gasteiger partial charge >= 0.3 is 0 Å². The van der Waals surface area contributed by atoms with Gasteiger partial charge in [0.1, 0.15) is 19.0 Å². The van der Waals surface area contributed by atoms with E-state index in [9.17, 15) is 8.42 Å². The third-order valence-electron chi connectivity index (χ3n) is 5.45. The maximum absolute atomic E-state index is 13.0. The molecule has 2 aliphatic heterocycles. The van der Waals surface area contributed by atoms with Crippen LogP contribution in [-0.4, -0.2) is 52.8 Å². The van der Waals surface area contributed by atoms with E-state index in [1.165, 1.54) is 6.07 Å². The number of rotatable bonds is 8. The van der Waals surface area contributed by atoms with Crippen LogP contribution in [0.2, 0.25) is 0 Å². The second-order valence-electron chi connectivity index (χ2n) is 7.42. The van der Waals surface area contributed by atoms with Gasteiger partial charge in [0.25, 0.3) is 0 Å². The Labute approximate surface area is 178 Å². The Balaban J connectivity index is 1.51. The zero-order valence-electron chi connectivity index (χ0n) is 17.2. The lowest BCUT2D eigenvalue weighted by Gasteiger charge is -2.28. The highest BCUT2D eigenvalue weighted by Gasteiger charge is 2.26. The lowest BCUT2D eigenvalue weighted by atomic mass is 10.1. The number of sulfonamides is 1. The number of likely N-dealkylation sites (tertiary alicyclic amines) is 1. The van der Waals surface area contributed by atoms with Crippen LogP contribution in [0.5, 0.6) is 17.2 Å². The zero-order chi connectivity index (χ0) is 21.0. The van der Waals surface area contributed by atoms with Crippen LogP contribution in [0.4, 0.5) is 0 Å². The highest BCUT2D eigenvalue weighted by atomic mass is 32.2. The molecule has 1 unspecified atom stereocenters. The van der Waals surface area contributed by atoms with Gasteiger partial charge in [-0.15, -0.1) is 0 Å². The van der Waals surface area contributed by atoms with E-state index in [1.807, 2.05) is 31.2 Å². The molecule has 162 valence electrons. The monoisotopic (exact) mass is 432 g/mol. The Morgan fingerprint density at radius 3 is 2.43 bits per heavy atom. The van der Waals surface area contributed by atoms with E-state index < -0.39 is 10.0 Å². The highest BCUT2D eigenvalue weighted by molar-refractivity contribution is 7.89. The van der Waals surface area contributed by atoms with Crippen molar-refractivity contribution in [1.29, 1.82) is 0 Å². The number of hydrogen-bond donors (Lipinski definition) is 1. The Morgan fingerprint density at radius 1 is 1.03 bits per heavy atom. The molecule has 1 saturated heterocycles. The van der Waals surface area contributed by atoms with Crippen molar-refractivity contribution in [2.75, 3.05) is 39.5 Å². The number of ether oxygens (including phenoxy) is 3. The van der Waals surface area contributed by atoms with Gasteiger partial charge in [-0.05, 0) is 62.7 Å². The molecule has 0 aliphatic carbocycles. The van der Waals surface area contributed by atoms with Crippen LogP contribution in [0.1, 0.15) is 31.4 Å². The summed E-state index contributed by atoms with van der Waals surface area (Å²) in [5, 5.41) is 0. The first-order chi connectivity index (χ1) is 14.6. The molecule has 0 spiro atoms. The lowest BCUT2D eigenvalue weighted by molar-refractivity contribution is 0.171. The van der Waals surface area contributed by atoms with Crippen LogP contribution >= 0.6 is 0 Å². The first kappa shape index (κ1) is 21.0. The summed E-state index contributed by atoms with van der Waals surface area (Å²) in [5.74, 6) is 1.86. The molecular formula is C22H28N2O5S. The molecule has 2 aromatic carbocycles. The summed E-state index contributed by atoms with van der Waals surface area (Å²) in [6.07, 6.45) is 2.25. The maximum atomic E-state index is 13.0. The van der Waals surface area contributed by atoms with E-state index in [0.717, 1.165) is 37.2 Å². The molecule has 30 heavy (non-hydrogen) atoms. The van der Waals surface area contributed by atoms with Crippen molar-refractivity contribution in [3.63, 3.8) is 0 Å². The molecule has 2 aromatic rings. The van der Waals surface area contributed by atoms with E-state index in [1.54, 1.807) is 12.1 Å². The Kier molecular flexibility index (Phi) is 6.46. The van der Waals surface area contributed by atoms with Crippen LogP contribution in [-0.2, 0) is 10.0 Å². The van der Waals surface area contributed by atoms with Gasteiger partial charge in [-0.1, -0.05) is 12.1 Å². The predicted octanol–water partition coefficient (Wildman–Crippen LogP) is 2.97. The zero-order valence-corrected chi connectivity index (χ0v) is 18.0. The van der Waals surface area contributed by atoms with Gasteiger partial charge in [-0.25, -0.2) is 13.1 Å². The first-order valence-electron chi connectivity index (χ1n) is 10.4. The first-order valence-corrected chi connectivity index (χ1v) is 11.9. The third-order valence-corrected chi connectivity index (χ3v) is 6.87. The minimum Gasteiger partial charge on any atom is -0.494 e. The van der Waals surface area contributed by atoms with Gasteiger partial charge in [0.2, 0.25) is 10.0 Å². The van der Waals surface area contributed by atoms with Crippen molar-refractivity contribution < 1.29 is 22.6 Å². The molecule has 1 fully saturated rings. The number of fused-ring (bicyclic) bond motifs is 1. The normalized spacial score (nSPS) is 17.6. The van der Waals surface area contributed by atoms with Crippen LogP contribution in [0.3, 0.4) is 0 Å². The summed E-state index contributed by atoms with van der Waals surface area (Å²) < 4.78 is 45.3. The molecule has 7 nitrogen and oxygen atoms in total. The Hall–Kier alpha value is -2.29. The largest absolute Gasteiger partial charge is 0.494 e. The summed E-state index contributed by atoms with van der Waals surface area (Å²) in [6.45, 7) is 5.67. The fourth-order valence-electron chi connectivity index (χ4n) is 3.93. The Morgan fingerprint density at radius 2 is 1.73 bits per heavy atom. The fourth-order valence-corrected chi connectivity index (χ4v) is 4.98. The second-order valence-corrected chi connectivity index (χ2v) is 9.19. The molecule has 0 bridgehead atoms. The molecule has 2 heterocycles. The van der Waals surface area contributed by atoms with Gasteiger partial charge in [-0.3, -0.25) is 4.90 Å². The van der Waals surface area contributed by atoms with E-state index in [2.05, 4.69) is 9.62 Å². The summed E-state index contributed by atoms with van der Waals surface area (Å²) in [4.78, 5) is 2.51. The van der Waals surface area contributed by atoms with Gasteiger partial charge < -0.3 is 14.2 Å². The summed E-state index contributed by atoms with van der Waals surface area (Å²) >= 11 is 0. The van der Waals surface area contributed by atoms with E-state index >= 15 is 0 Å². The van der Waals surface area contributed by atoms with Crippen molar-refractivity contribution >= 4 is 10.0 Å². The van der Waals surface area contributed by atoms with Crippen molar-refractivity contribution in [3.05, 3.63) is 48.0 Å². The molecule has 4 rings (SSSR count). The van der Waals surface area contributed by atoms with Gasteiger partial charge in [0.15, 0.2) is 11.5 Å². The standard InChI is InChI=1S/C22H28N2O5S/c1-2-27-18-7-5-17(6-8-18)20(24-11-3-4-12-24)16-23-30(25,26)19-9-10-21-22(15-19)29-14-13-28-21/h5-10,15,20,23H,2-4,11-14,16H2,1H3. The van der Waals surface area contributed by atoms with Gasteiger partial charge in [-0.2, -0.15) is 0 Å². The quantitative estimate of drug-likeness (QED) is 0.691. The third kappa shape index (κ3) is 4.71. The molecule has 0 aromatic heterocycles. The number of hydrogen-bond acceptors (Lipinski definition) is 6. The second kappa shape index (κ2) is 9.24. The summed E-state index contributed by atoms with van der Waals surface area (Å²) in [6, 6.07) is 12.6. The predicted molar refractivity (Wildman–Crippen MR) is 114 cm³/mol. The van der Waals surface area contributed by atoms with Gasteiger partial charge in [0.05, 0.1) is 11.5 Å². The highest BCUT2D eigenvalue weighted by Crippen LogP contribution is 2.32. The molecule has 1 atom stereocenters. The molecule has 0 radical (unpaired) electrons.